The topological polar surface area (TPSA) is 67.9 Å². The molecular weight excluding hydrogens is 404 g/mol. The van der Waals surface area contributed by atoms with Crippen LogP contribution in [0.1, 0.15) is 18.4 Å². The molecule has 158 valence electrons. The molecule has 1 N–H and O–H groups in total. The Kier molecular flexibility index (Phi) is 7.36. The van der Waals surface area contributed by atoms with Crippen LogP contribution >= 0.6 is 11.6 Å². The Balaban J connectivity index is 1.57. The smallest absolute Gasteiger partial charge is 0.246 e. The van der Waals surface area contributed by atoms with Crippen molar-refractivity contribution in [2.45, 2.75) is 12.8 Å². The molecule has 0 atom stereocenters. The van der Waals surface area contributed by atoms with Gasteiger partial charge in [0, 0.05) is 37.2 Å². The summed E-state index contributed by atoms with van der Waals surface area (Å²) in [7, 11) is 3.03. The quantitative estimate of drug-likeness (QED) is 0.698. The minimum absolute atomic E-state index is 0.0400. The SMILES string of the molecule is COc1cc(NC(=O)C2CCN(C(=O)/C=C/c3ccccc3)CC2)c(OC)cc1Cl. The largest absolute Gasteiger partial charge is 0.495 e. The number of hydrogen-bond acceptors (Lipinski definition) is 4. The third kappa shape index (κ3) is 5.33. The Hall–Kier alpha value is -2.99. The summed E-state index contributed by atoms with van der Waals surface area (Å²) in [6.45, 7) is 1.08. The highest BCUT2D eigenvalue weighted by atomic mass is 35.5. The maximum atomic E-state index is 12.7. The van der Waals surface area contributed by atoms with E-state index in [2.05, 4.69) is 5.32 Å². The maximum Gasteiger partial charge on any atom is 0.246 e. The fourth-order valence-electron chi connectivity index (χ4n) is 3.39. The minimum atomic E-state index is -0.182. The van der Waals surface area contributed by atoms with E-state index in [0.717, 1.165) is 5.56 Å². The van der Waals surface area contributed by atoms with E-state index in [9.17, 15) is 9.59 Å². The van der Waals surface area contributed by atoms with Gasteiger partial charge in [0.15, 0.2) is 0 Å². The lowest BCUT2D eigenvalue weighted by Gasteiger charge is -2.30. The summed E-state index contributed by atoms with van der Waals surface area (Å²) < 4.78 is 10.5. The maximum absolute atomic E-state index is 12.7. The molecule has 0 bridgehead atoms. The minimum Gasteiger partial charge on any atom is -0.495 e. The summed E-state index contributed by atoms with van der Waals surface area (Å²) in [5.74, 6) is 0.594. The fraction of sp³-hybridized carbons (Fsp3) is 0.304. The summed E-state index contributed by atoms with van der Waals surface area (Å²) >= 11 is 6.12. The number of nitrogens with zero attached hydrogens (tertiary/aromatic N) is 1. The number of benzene rings is 2. The van der Waals surface area contributed by atoms with Crippen LogP contribution in [-0.4, -0.2) is 44.0 Å². The van der Waals surface area contributed by atoms with Crippen molar-refractivity contribution in [2.24, 2.45) is 5.92 Å². The molecule has 0 saturated carbocycles. The van der Waals surface area contributed by atoms with Crippen LogP contribution in [0.5, 0.6) is 11.5 Å². The number of likely N-dealkylation sites (tertiary alicyclic amines) is 1. The number of carbonyl (C=O) groups excluding carboxylic acids is 2. The Morgan fingerprint density at radius 3 is 2.37 bits per heavy atom. The van der Waals surface area contributed by atoms with Crippen LogP contribution in [-0.2, 0) is 9.59 Å². The number of rotatable bonds is 6. The lowest BCUT2D eigenvalue weighted by molar-refractivity contribution is -0.130. The number of hydrogen-bond donors (Lipinski definition) is 1. The van der Waals surface area contributed by atoms with Crippen LogP contribution in [0.4, 0.5) is 5.69 Å². The lowest BCUT2D eigenvalue weighted by atomic mass is 9.95. The van der Waals surface area contributed by atoms with Gasteiger partial charge < -0.3 is 19.7 Å². The number of halogens is 1. The van der Waals surface area contributed by atoms with Gasteiger partial charge in [-0.25, -0.2) is 0 Å². The number of carbonyl (C=O) groups is 2. The second-order valence-corrected chi connectivity index (χ2v) is 7.43. The van der Waals surface area contributed by atoms with Crippen LogP contribution in [0.2, 0.25) is 5.02 Å². The van der Waals surface area contributed by atoms with Crippen molar-refractivity contribution in [3.8, 4) is 11.5 Å². The molecule has 2 amide bonds. The van der Waals surface area contributed by atoms with Crippen LogP contribution < -0.4 is 14.8 Å². The fourth-order valence-corrected chi connectivity index (χ4v) is 3.62. The van der Waals surface area contributed by atoms with Crippen LogP contribution in [0.25, 0.3) is 6.08 Å². The molecule has 0 radical (unpaired) electrons. The van der Waals surface area contributed by atoms with Gasteiger partial charge in [-0.2, -0.15) is 0 Å². The number of amides is 2. The summed E-state index contributed by atoms with van der Waals surface area (Å²) in [6, 6.07) is 12.9. The second-order valence-electron chi connectivity index (χ2n) is 7.02. The van der Waals surface area contributed by atoms with Crippen molar-refractivity contribution >= 4 is 35.2 Å². The van der Waals surface area contributed by atoms with Gasteiger partial charge in [-0.15, -0.1) is 0 Å². The van der Waals surface area contributed by atoms with E-state index >= 15 is 0 Å². The van der Waals surface area contributed by atoms with E-state index in [4.69, 9.17) is 21.1 Å². The van der Waals surface area contributed by atoms with E-state index in [0.29, 0.717) is 48.1 Å². The first-order valence-corrected chi connectivity index (χ1v) is 10.1. The molecule has 1 aliphatic rings. The van der Waals surface area contributed by atoms with E-state index < -0.39 is 0 Å². The van der Waals surface area contributed by atoms with Gasteiger partial charge in [-0.1, -0.05) is 41.9 Å². The molecule has 30 heavy (non-hydrogen) atoms. The molecule has 0 aromatic heterocycles. The molecule has 2 aromatic carbocycles. The molecule has 1 fully saturated rings. The number of nitrogens with one attached hydrogen (secondary N) is 1. The summed E-state index contributed by atoms with van der Waals surface area (Å²) in [5, 5.41) is 3.31. The molecule has 0 spiro atoms. The number of methoxy groups -OCH3 is 2. The predicted octanol–water partition coefficient (Wildman–Crippen LogP) is 4.25. The molecule has 1 saturated heterocycles. The van der Waals surface area contributed by atoms with Crippen molar-refractivity contribution < 1.29 is 19.1 Å². The van der Waals surface area contributed by atoms with Crippen LogP contribution in [0, 0.1) is 5.92 Å². The third-order valence-corrected chi connectivity index (χ3v) is 5.42. The van der Waals surface area contributed by atoms with Gasteiger partial charge in [0.25, 0.3) is 0 Å². The van der Waals surface area contributed by atoms with Gasteiger partial charge >= 0.3 is 0 Å². The Morgan fingerprint density at radius 1 is 1.07 bits per heavy atom. The van der Waals surface area contributed by atoms with Crippen molar-refractivity contribution in [1.82, 2.24) is 4.90 Å². The van der Waals surface area contributed by atoms with Gasteiger partial charge in [-0.05, 0) is 24.5 Å². The Bertz CT molecular complexity index is 922. The normalized spacial score (nSPS) is 14.6. The molecule has 0 aliphatic carbocycles. The average Bonchev–Trinajstić information content (AvgIpc) is 2.79. The Morgan fingerprint density at radius 2 is 1.73 bits per heavy atom. The molecule has 3 rings (SSSR count). The first-order chi connectivity index (χ1) is 14.5. The number of ether oxygens (including phenoxy) is 2. The molecule has 0 unspecified atom stereocenters. The first kappa shape index (κ1) is 21.7. The lowest BCUT2D eigenvalue weighted by Crippen LogP contribution is -2.40. The van der Waals surface area contributed by atoms with E-state index in [1.165, 1.54) is 14.2 Å². The highest BCUT2D eigenvalue weighted by molar-refractivity contribution is 6.32. The van der Waals surface area contributed by atoms with Crippen LogP contribution in [0.15, 0.2) is 48.5 Å². The van der Waals surface area contributed by atoms with Crippen molar-refractivity contribution in [3.63, 3.8) is 0 Å². The molecule has 2 aromatic rings. The molecule has 1 aliphatic heterocycles. The molecular formula is C23H25ClN2O4. The van der Waals surface area contributed by atoms with E-state index in [-0.39, 0.29) is 17.7 Å². The third-order valence-electron chi connectivity index (χ3n) is 5.13. The van der Waals surface area contributed by atoms with Gasteiger partial charge in [0.1, 0.15) is 11.5 Å². The van der Waals surface area contributed by atoms with Crippen LogP contribution in [0.3, 0.4) is 0 Å². The van der Waals surface area contributed by atoms with Crippen molar-refractivity contribution in [3.05, 3.63) is 59.1 Å². The summed E-state index contributed by atoms with van der Waals surface area (Å²) in [4.78, 5) is 26.9. The average molecular weight is 429 g/mol. The van der Waals surface area contributed by atoms with E-state index in [1.54, 1.807) is 29.2 Å². The van der Waals surface area contributed by atoms with Crippen molar-refractivity contribution in [2.75, 3.05) is 32.6 Å². The second kappa shape index (κ2) is 10.2. The number of anilines is 1. The van der Waals surface area contributed by atoms with E-state index in [1.807, 2.05) is 30.3 Å². The number of piperidine rings is 1. The highest BCUT2D eigenvalue weighted by Crippen LogP contribution is 2.36. The first-order valence-electron chi connectivity index (χ1n) is 9.76. The zero-order valence-corrected chi connectivity index (χ0v) is 17.8. The van der Waals surface area contributed by atoms with Gasteiger partial charge in [0.05, 0.1) is 24.9 Å². The summed E-state index contributed by atoms with van der Waals surface area (Å²) in [6.07, 6.45) is 4.59. The standard InChI is InChI=1S/C23H25ClN2O4/c1-29-20-15-19(21(30-2)14-18(20)24)25-23(28)17-10-12-26(13-11-17)22(27)9-8-16-6-4-3-5-7-16/h3-9,14-15,17H,10-13H2,1-2H3,(H,25,28)/b9-8+. The molecule has 7 heteroatoms. The van der Waals surface area contributed by atoms with Gasteiger partial charge in [0.2, 0.25) is 11.8 Å². The summed E-state index contributed by atoms with van der Waals surface area (Å²) in [5.41, 5.74) is 1.49. The molecule has 6 nitrogen and oxygen atoms in total. The van der Waals surface area contributed by atoms with Gasteiger partial charge in [-0.3, -0.25) is 9.59 Å². The predicted molar refractivity (Wildman–Crippen MR) is 118 cm³/mol. The molecule has 1 heterocycles. The zero-order chi connectivity index (χ0) is 21.5. The highest BCUT2D eigenvalue weighted by Gasteiger charge is 2.27. The van der Waals surface area contributed by atoms with Crippen molar-refractivity contribution in [1.29, 1.82) is 0 Å². The zero-order valence-electron chi connectivity index (χ0n) is 17.1. The monoisotopic (exact) mass is 428 g/mol. The Labute approximate surface area is 181 Å².